The van der Waals surface area contributed by atoms with Gasteiger partial charge in [-0.25, -0.2) is 0 Å². The normalized spacial score (nSPS) is 14.6. The maximum Gasteiger partial charge on any atom is 0.0788 e. The van der Waals surface area contributed by atoms with Crippen LogP contribution >= 0.6 is 34.8 Å². The SMILES string of the molecule is CCC(C)(O)CNc1c(Cl)cc(Cl)cc1Cl. The highest BCUT2D eigenvalue weighted by atomic mass is 35.5. The number of anilines is 1. The first-order valence-electron chi connectivity index (χ1n) is 4.96. The van der Waals surface area contributed by atoms with Crippen LogP contribution in [0, 0.1) is 0 Å². The molecule has 1 aromatic rings. The molecule has 0 spiro atoms. The van der Waals surface area contributed by atoms with Gasteiger partial charge in [0, 0.05) is 11.6 Å². The summed E-state index contributed by atoms with van der Waals surface area (Å²) < 4.78 is 0. The summed E-state index contributed by atoms with van der Waals surface area (Å²) >= 11 is 17.8. The van der Waals surface area contributed by atoms with Gasteiger partial charge in [-0.2, -0.15) is 0 Å². The minimum absolute atomic E-state index is 0.380. The minimum Gasteiger partial charge on any atom is -0.388 e. The summed E-state index contributed by atoms with van der Waals surface area (Å²) in [5.41, 5.74) is -0.187. The maximum absolute atomic E-state index is 9.85. The molecule has 0 fully saturated rings. The van der Waals surface area contributed by atoms with Gasteiger partial charge in [0.15, 0.2) is 0 Å². The van der Waals surface area contributed by atoms with E-state index in [2.05, 4.69) is 5.32 Å². The van der Waals surface area contributed by atoms with E-state index in [1.165, 1.54) is 0 Å². The van der Waals surface area contributed by atoms with E-state index in [-0.39, 0.29) is 0 Å². The third-order valence-electron chi connectivity index (χ3n) is 2.41. The molecule has 0 amide bonds. The summed E-state index contributed by atoms with van der Waals surface area (Å²) in [5.74, 6) is 0. The van der Waals surface area contributed by atoms with Crippen LogP contribution in [0.1, 0.15) is 20.3 Å². The van der Waals surface area contributed by atoms with Gasteiger partial charge >= 0.3 is 0 Å². The Bertz CT molecular complexity index is 356. The Morgan fingerprint density at radius 2 is 1.75 bits per heavy atom. The van der Waals surface area contributed by atoms with Crippen molar-refractivity contribution < 1.29 is 5.11 Å². The molecule has 0 aliphatic heterocycles. The first kappa shape index (κ1) is 13.9. The topological polar surface area (TPSA) is 32.3 Å². The Labute approximate surface area is 111 Å². The van der Waals surface area contributed by atoms with E-state index in [0.717, 1.165) is 0 Å². The van der Waals surface area contributed by atoms with Gasteiger partial charge in [-0.05, 0) is 25.5 Å². The zero-order valence-corrected chi connectivity index (χ0v) is 11.4. The van der Waals surface area contributed by atoms with Gasteiger partial charge in [-0.15, -0.1) is 0 Å². The van der Waals surface area contributed by atoms with Crippen LogP contribution in [0.25, 0.3) is 0 Å². The molecule has 1 atom stereocenters. The van der Waals surface area contributed by atoms with Crippen molar-refractivity contribution in [1.29, 1.82) is 0 Å². The van der Waals surface area contributed by atoms with Gasteiger partial charge in [-0.1, -0.05) is 41.7 Å². The number of benzene rings is 1. The average molecular weight is 283 g/mol. The second-order valence-electron chi connectivity index (χ2n) is 3.95. The lowest BCUT2D eigenvalue weighted by Gasteiger charge is -2.23. The molecule has 1 aromatic carbocycles. The molecular formula is C11H14Cl3NO. The molecule has 0 heterocycles. The van der Waals surface area contributed by atoms with Crippen molar-refractivity contribution in [3.8, 4) is 0 Å². The fraction of sp³-hybridized carbons (Fsp3) is 0.455. The highest BCUT2D eigenvalue weighted by Crippen LogP contribution is 2.33. The number of halogens is 3. The smallest absolute Gasteiger partial charge is 0.0788 e. The third kappa shape index (κ3) is 3.70. The van der Waals surface area contributed by atoms with Crippen LogP contribution in [0.5, 0.6) is 0 Å². The van der Waals surface area contributed by atoms with Crippen LogP contribution in [-0.4, -0.2) is 17.3 Å². The lowest BCUT2D eigenvalue weighted by Crippen LogP contribution is -2.32. The fourth-order valence-corrected chi connectivity index (χ4v) is 2.07. The molecule has 5 heteroatoms. The molecule has 90 valence electrons. The van der Waals surface area contributed by atoms with Gasteiger partial charge in [0.25, 0.3) is 0 Å². The van der Waals surface area contributed by atoms with E-state index in [1.54, 1.807) is 19.1 Å². The molecule has 1 unspecified atom stereocenters. The summed E-state index contributed by atoms with van der Waals surface area (Å²) in [6, 6.07) is 3.22. The molecular weight excluding hydrogens is 268 g/mol. The van der Waals surface area contributed by atoms with E-state index in [9.17, 15) is 5.11 Å². The van der Waals surface area contributed by atoms with Crippen molar-refractivity contribution >= 4 is 40.5 Å². The zero-order chi connectivity index (χ0) is 12.3. The highest BCUT2D eigenvalue weighted by Gasteiger charge is 2.18. The van der Waals surface area contributed by atoms with Crippen LogP contribution in [0.3, 0.4) is 0 Å². The lowest BCUT2D eigenvalue weighted by atomic mass is 10.0. The molecule has 0 saturated carbocycles. The Hall–Kier alpha value is -0.150. The van der Waals surface area contributed by atoms with E-state index in [4.69, 9.17) is 34.8 Å². The highest BCUT2D eigenvalue weighted by molar-refractivity contribution is 6.41. The number of hydrogen-bond acceptors (Lipinski definition) is 2. The Balaban J connectivity index is 2.82. The first-order valence-corrected chi connectivity index (χ1v) is 6.10. The van der Waals surface area contributed by atoms with E-state index < -0.39 is 5.60 Å². The summed E-state index contributed by atoms with van der Waals surface area (Å²) in [6.07, 6.45) is 0.642. The van der Waals surface area contributed by atoms with Gasteiger partial charge in [0.05, 0.1) is 21.3 Å². The monoisotopic (exact) mass is 281 g/mol. The molecule has 0 bridgehead atoms. The second-order valence-corrected chi connectivity index (χ2v) is 5.20. The Morgan fingerprint density at radius 3 is 2.19 bits per heavy atom. The molecule has 0 saturated heterocycles. The van der Waals surface area contributed by atoms with Crippen molar-refractivity contribution in [2.75, 3.05) is 11.9 Å². The molecule has 0 radical (unpaired) electrons. The molecule has 0 aromatic heterocycles. The Kier molecular flexibility index (Phi) is 4.74. The minimum atomic E-state index is -0.785. The van der Waals surface area contributed by atoms with E-state index in [0.29, 0.717) is 33.7 Å². The van der Waals surface area contributed by atoms with Crippen LogP contribution in [0.15, 0.2) is 12.1 Å². The summed E-state index contributed by atoms with van der Waals surface area (Å²) in [5, 5.41) is 14.3. The van der Waals surface area contributed by atoms with Crippen molar-refractivity contribution in [2.45, 2.75) is 25.9 Å². The zero-order valence-electron chi connectivity index (χ0n) is 9.15. The van der Waals surface area contributed by atoms with Crippen LogP contribution < -0.4 is 5.32 Å². The summed E-state index contributed by atoms with van der Waals surface area (Å²) in [4.78, 5) is 0. The van der Waals surface area contributed by atoms with E-state index in [1.807, 2.05) is 6.92 Å². The van der Waals surface area contributed by atoms with Crippen LogP contribution in [-0.2, 0) is 0 Å². The van der Waals surface area contributed by atoms with Crippen molar-refractivity contribution in [2.24, 2.45) is 0 Å². The molecule has 2 N–H and O–H groups in total. The van der Waals surface area contributed by atoms with Gasteiger partial charge in [-0.3, -0.25) is 0 Å². The maximum atomic E-state index is 9.85. The van der Waals surface area contributed by atoms with Gasteiger partial charge in [0.2, 0.25) is 0 Å². The number of nitrogens with one attached hydrogen (secondary N) is 1. The molecule has 1 rings (SSSR count). The second kappa shape index (κ2) is 5.46. The predicted octanol–water partition coefficient (Wildman–Crippen LogP) is 4.22. The first-order chi connectivity index (χ1) is 7.35. The summed E-state index contributed by atoms with van der Waals surface area (Å²) in [7, 11) is 0. The van der Waals surface area contributed by atoms with Crippen molar-refractivity contribution in [3.63, 3.8) is 0 Å². The Morgan fingerprint density at radius 1 is 1.25 bits per heavy atom. The third-order valence-corrected chi connectivity index (χ3v) is 3.23. The van der Waals surface area contributed by atoms with E-state index >= 15 is 0 Å². The van der Waals surface area contributed by atoms with Crippen molar-refractivity contribution in [1.82, 2.24) is 0 Å². The van der Waals surface area contributed by atoms with Crippen molar-refractivity contribution in [3.05, 3.63) is 27.2 Å². The van der Waals surface area contributed by atoms with Gasteiger partial charge < -0.3 is 10.4 Å². The molecule has 16 heavy (non-hydrogen) atoms. The lowest BCUT2D eigenvalue weighted by molar-refractivity contribution is 0.0697. The number of aliphatic hydroxyl groups is 1. The predicted molar refractivity (Wildman–Crippen MR) is 70.9 cm³/mol. The van der Waals surface area contributed by atoms with Crippen LogP contribution in [0.2, 0.25) is 15.1 Å². The number of rotatable bonds is 4. The quantitative estimate of drug-likeness (QED) is 0.866. The largest absolute Gasteiger partial charge is 0.388 e. The summed E-state index contributed by atoms with van der Waals surface area (Å²) in [6.45, 7) is 4.04. The van der Waals surface area contributed by atoms with Gasteiger partial charge in [0.1, 0.15) is 0 Å². The number of hydrogen-bond donors (Lipinski definition) is 2. The molecule has 0 aliphatic carbocycles. The standard InChI is InChI=1S/C11H14Cl3NO/c1-3-11(2,16)6-15-10-8(13)4-7(12)5-9(10)14/h4-5,15-16H,3,6H2,1-2H3. The fourth-order valence-electron chi connectivity index (χ4n) is 1.11. The van der Waals surface area contributed by atoms with Crippen LogP contribution in [0.4, 0.5) is 5.69 Å². The molecule has 0 aliphatic rings. The average Bonchev–Trinajstić information content (AvgIpc) is 2.16. The molecule has 2 nitrogen and oxygen atoms in total.